The zero-order chi connectivity index (χ0) is 19.2. The van der Waals surface area contributed by atoms with E-state index in [0.717, 1.165) is 29.8 Å². The van der Waals surface area contributed by atoms with Crippen LogP contribution in [0.15, 0.2) is 42.5 Å². The summed E-state index contributed by atoms with van der Waals surface area (Å²) in [6.07, 6.45) is 2.15. The van der Waals surface area contributed by atoms with Crippen LogP contribution in [-0.4, -0.2) is 25.0 Å². The summed E-state index contributed by atoms with van der Waals surface area (Å²) in [7, 11) is 0. The van der Waals surface area contributed by atoms with E-state index in [2.05, 4.69) is 10.6 Å². The molecule has 0 aliphatic carbocycles. The van der Waals surface area contributed by atoms with Crippen molar-refractivity contribution in [1.29, 1.82) is 0 Å². The first-order chi connectivity index (χ1) is 13.0. The van der Waals surface area contributed by atoms with Crippen LogP contribution in [0.3, 0.4) is 0 Å². The highest BCUT2D eigenvalue weighted by Gasteiger charge is 2.21. The van der Waals surface area contributed by atoms with Crippen molar-refractivity contribution < 1.29 is 9.59 Å². The third-order valence-electron chi connectivity index (χ3n) is 4.47. The lowest BCUT2D eigenvalue weighted by molar-refractivity contribution is -0.117. The third kappa shape index (κ3) is 5.37. The van der Waals surface area contributed by atoms with Gasteiger partial charge in [-0.2, -0.15) is 0 Å². The second-order valence-corrected chi connectivity index (χ2v) is 7.25. The first-order valence-corrected chi connectivity index (χ1v) is 9.63. The van der Waals surface area contributed by atoms with Gasteiger partial charge in [-0.05, 0) is 48.2 Å². The van der Waals surface area contributed by atoms with E-state index in [0.29, 0.717) is 36.0 Å². The van der Waals surface area contributed by atoms with Gasteiger partial charge in [0.2, 0.25) is 5.91 Å². The van der Waals surface area contributed by atoms with Crippen molar-refractivity contribution in [2.45, 2.75) is 25.8 Å². The van der Waals surface area contributed by atoms with Crippen molar-refractivity contribution in [2.75, 3.05) is 18.0 Å². The maximum absolute atomic E-state index is 11.9. The highest BCUT2D eigenvalue weighted by Crippen LogP contribution is 2.22. The van der Waals surface area contributed by atoms with Crippen LogP contribution in [0, 0.1) is 0 Å². The molecular formula is C20H21Cl2N3O2. The summed E-state index contributed by atoms with van der Waals surface area (Å²) in [5.41, 5.74) is 2.82. The molecule has 3 amide bonds. The van der Waals surface area contributed by atoms with Crippen molar-refractivity contribution in [3.63, 3.8) is 0 Å². The molecule has 0 spiro atoms. The van der Waals surface area contributed by atoms with Gasteiger partial charge in [-0.1, -0.05) is 41.4 Å². The maximum atomic E-state index is 11.9. The zero-order valence-electron chi connectivity index (χ0n) is 14.8. The molecule has 2 aromatic rings. The number of benzene rings is 2. The van der Waals surface area contributed by atoms with Gasteiger partial charge in [0.15, 0.2) is 0 Å². The number of amides is 3. The first-order valence-electron chi connectivity index (χ1n) is 8.88. The second-order valence-electron chi connectivity index (χ2n) is 6.41. The molecule has 27 heavy (non-hydrogen) atoms. The molecule has 0 aromatic heterocycles. The number of hydrogen-bond donors (Lipinski definition) is 2. The quantitative estimate of drug-likeness (QED) is 0.757. The van der Waals surface area contributed by atoms with E-state index >= 15 is 0 Å². The van der Waals surface area contributed by atoms with Crippen LogP contribution in [0.5, 0.6) is 0 Å². The topological polar surface area (TPSA) is 61.4 Å². The molecule has 1 saturated heterocycles. The van der Waals surface area contributed by atoms with Gasteiger partial charge >= 0.3 is 6.03 Å². The van der Waals surface area contributed by atoms with Crippen LogP contribution < -0.4 is 15.5 Å². The standard InChI is InChI=1S/C20H21Cl2N3O2/c21-16-6-5-15(18(22)12-16)9-10-23-20(27)24-13-14-3-7-17(8-4-14)25-11-1-2-19(25)26/h3-8,12H,1-2,9-11,13H2,(H2,23,24,27). The molecule has 2 N–H and O–H groups in total. The molecule has 7 heteroatoms. The molecule has 1 aliphatic rings. The van der Waals surface area contributed by atoms with E-state index in [1.807, 2.05) is 30.3 Å². The average molecular weight is 406 g/mol. The molecule has 1 heterocycles. The molecule has 0 saturated carbocycles. The van der Waals surface area contributed by atoms with Gasteiger partial charge in [-0.15, -0.1) is 0 Å². The lowest BCUT2D eigenvalue weighted by Crippen LogP contribution is -2.36. The minimum absolute atomic E-state index is 0.168. The monoisotopic (exact) mass is 405 g/mol. The van der Waals surface area contributed by atoms with Crippen molar-refractivity contribution in [2.24, 2.45) is 0 Å². The maximum Gasteiger partial charge on any atom is 0.315 e. The summed E-state index contributed by atoms with van der Waals surface area (Å²) in [5.74, 6) is 0.168. The van der Waals surface area contributed by atoms with Crippen LogP contribution in [0.25, 0.3) is 0 Å². The third-order valence-corrected chi connectivity index (χ3v) is 5.06. The van der Waals surface area contributed by atoms with E-state index in [1.54, 1.807) is 17.0 Å². The Morgan fingerprint density at radius 3 is 2.52 bits per heavy atom. The number of halogens is 2. The van der Waals surface area contributed by atoms with Gasteiger partial charge in [0.25, 0.3) is 0 Å². The second kappa shape index (κ2) is 9.11. The van der Waals surface area contributed by atoms with Crippen LogP contribution >= 0.6 is 23.2 Å². The Balaban J connectivity index is 1.41. The Hall–Kier alpha value is -2.24. The number of nitrogens with zero attached hydrogens (tertiary/aromatic N) is 1. The predicted octanol–water partition coefficient (Wildman–Crippen LogP) is 4.16. The summed E-state index contributed by atoms with van der Waals surface area (Å²) in [4.78, 5) is 25.5. The Kier molecular flexibility index (Phi) is 6.58. The Bertz CT molecular complexity index is 824. The number of carbonyl (C=O) groups is 2. The SMILES string of the molecule is O=C(NCCc1ccc(Cl)cc1Cl)NCc1ccc(N2CCCC2=O)cc1. The molecule has 0 bridgehead atoms. The zero-order valence-corrected chi connectivity index (χ0v) is 16.3. The van der Waals surface area contributed by atoms with Gasteiger partial charge in [0.05, 0.1) is 0 Å². The lowest BCUT2D eigenvalue weighted by atomic mass is 10.1. The van der Waals surface area contributed by atoms with E-state index < -0.39 is 0 Å². The van der Waals surface area contributed by atoms with Gasteiger partial charge in [-0.3, -0.25) is 4.79 Å². The van der Waals surface area contributed by atoms with E-state index in [-0.39, 0.29) is 11.9 Å². The molecular weight excluding hydrogens is 385 g/mol. The number of nitrogens with one attached hydrogen (secondary N) is 2. The molecule has 1 fully saturated rings. The minimum atomic E-state index is -0.237. The summed E-state index contributed by atoms with van der Waals surface area (Å²) >= 11 is 12.0. The van der Waals surface area contributed by atoms with Crippen LogP contribution in [0.2, 0.25) is 10.0 Å². The van der Waals surface area contributed by atoms with Gasteiger partial charge in [0.1, 0.15) is 0 Å². The number of urea groups is 1. The summed E-state index contributed by atoms with van der Waals surface area (Å²) < 4.78 is 0. The van der Waals surface area contributed by atoms with Gasteiger partial charge in [0, 0.05) is 41.8 Å². The Morgan fingerprint density at radius 2 is 1.85 bits per heavy atom. The Morgan fingerprint density at radius 1 is 1.07 bits per heavy atom. The highest BCUT2D eigenvalue weighted by molar-refractivity contribution is 6.35. The predicted molar refractivity (Wildman–Crippen MR) is 108 cm³/mol. The van der Waals surface area contributed by atoms with Gasteiger partial charge in [-0.25, -0.2) is 4.79 Å². The number of hydrogen-bond acceptors (Lipinski definition) is 2. The summed E-state index contributed by atoms with van der Waals surface area (Å²) in [6.45, 7) is 1.67. The summed E-state index contributed by atoms with van der Waals surface area (Å²) in [6, 6.07) is 12.8. The van der Waals surface area contributed by atoms with Crippen molar-refractivity contribution in [3.05, 3.63) is 63.6 Å². The van der Waals surface area contributed by atoms with E-state index in [1.165, 1.54) is 0 Å². The average Bonchev–Trinajstić information content (AvgIpc) is 3.08. The lowest BCUT2D eigenvalue weighted by Gasteiger charge is -2.16. The fourth-order valence-electron chi connectivity index (χ4n) is 2.99. The smallest absolute Gasteiger partial charge is 0.315 e. The largest absolute Gasteiger partial charge is 0.338 e. The molecule has 5 nitrogen and oxygen atoms in total. The number of carbonyl (C=O) groups excluding carboxylic acids is 2. The minimum Gasteiger partial charge on any atom is -0.338 e. The van der Waals surface area contributed by atoms with Crippen LogP contribution in [0.4, 0.5) is 10.5 Å². The molecule has 1 aliphatic heterocycles. The molecule has 0 radical (unpaired) electrons. The first kappa shape index (κ1) is 19.5. The fraction of sp³-hybridized carbons (Fsp3) is 0.300. The van der Waals surface area contributed by atoms with Gasteiger partial charge < -0.3 is 15.5 Å². The highest BCUT2D eigenvalue weighted by atomic mass is 35.5. The summed E-state index contributed by atoms with van der Waals surface area (Å²) in [5, 5.41) is 6.82. The molecule has 0 atom stereocenters. The molecule has 142 valence electrons. The van der Waals surface area contributed by atoms with Crippen LogP contribution in [0.1, 0.15) is 24.0 Å². The normalized spacial score (nSPS) is 13.7. The number of rotatable bonds is 6. The molecule has 2 aromatic carbocycles. The van der Waals surface area contributed by atoms with Crippen molar-refractivity contribution >= 4 is 40.8 Å². The van der Waals surface area contributed by atoms with Crippen LogP contribution in [-0.2, 0) is 17.8 Å². The fourth-order valence-corrected chi connectivity index (χ4v) is 3.50. The molecule has 3 rings (SSSR count). The Labute approximate surface area is 168 Å². The van der Waals surface area contributed by atoms with Crippen molar-refractivity contribution in [1.82, 2.24) is 10.6 Å². The number of anilines is 1. The molecule has 0 unspecified atom stereocenters. The van der Waals surface area contributed by atoms with E-state index in [9.17, 15) is 9.59 Å². The van der Waals surface area contributed by atoms with Crippen molar-refractivity contribution in [3.8, 4) is 0 Å². The van der Waals surface area contributed by atoms with E-state index in [4.69, 9.17) is 23.2 Å².